The third-order valence-electron chi connectivity index (χ3n) is 3.34. The van der Waals surface area contributed by atoms with Gasteiger partial charge in [0.2, 0.25) is 0 Å². The molecule has 0 aliphatic heterocycles. The zero-order valence-electron chi connectivity index (χ0n) is 8.43. The maximum absolute atomic E-state index is 9.35. The van der Waals surface area contributed by atoms with Crippen LogP contribution in [0.5, 0.6) is 0 Å². The highest BCUT2D eigenvalue weighted by molar-refractivity contribution is 4.98. The van der Waals surface area contributed by atoms with Gasteiger partial charge in [0, 0.05) is 5.54 Å². The van der Waals surface area contributed by atoms with Crippen LogP contribution in [0.25, 0.3) is 0 Å². The molecule has 2 heteroatoms. The van der Waals surface area contributed by atoms with Gasteiger partial charge in [-0.15, -0.1) is 0 Å². The fraction of sp³-hybridized carbons (Fsp3) is 1.00. The lowest BCUT2D eigenvalue weighted by Crippen LogP contribution is -2.54. The molecule has 1 aliphatic rings. The van der Waals surface area contributed by atoms with Gasteiger partial charge < -0.3 is 10.8 Å². The number of aliphatic hydroxyl groups is 1. The predicted octanol–water partition coefficient (Wildman–Crippen LogP) is 1.66. The molecule has 0 unspecified atom stereocenters. The third kappa shape index (κ3) is 1.80. The van der Waals surface area contributed by atoms with Crippen LogP contribution in [0, 0.1) is 5.41 Å². The van der Waals surface area contributed by atoms with Crippen molar-refractivity contribution in [1.82, 2.24) is 0 Å². The Morgan fingerprint density at radius 1 is 1.25 bits per heavy atom. The van der Waals surface area contributed by atoms with Crippen LogP contribution in [0.15, 0.2) is 0 Å². The minimum atomic E-state index is -0.107. The van der Waals surface area contributed by atoms with E-state index in [1.165, 1.54) is 0 Å². The van der Waals surface area contributed by atoms with Gasteiger partial charge in [-0.1, -0.05) is 20.8 Å². The lowest BCUT2D eigenvalue weighted by Gasteiger charge is -2.45. The first-order valence-corrected chi connectivity index (χ1v) is 4.82. The van der Waals surface area contributed by atoms with E-state index in [9.17, 15) is 5.11 Å². The summed E-state index contributed by atoms with van der Waals surface area (Å²) in [5.41, 5.74) is 6.38. The Bertz CT molecular complexity index is 152. The molecule has 0 radical (unpaired) electrons. The predicted molar refractivity (Wildman–Crippen MR) is 50.8 cm³/mol. The highest BCUT2D eigenvalue weighted by Gasteiger charge is 2.40. The molecule has 0 saturated heterocycles. The molecule has 1 rings (SSSR count). The minimum absolute atomic E-state index is 0.0633. The smallest absolute Gasteiger partial charge is 0.0541 e. The summed E-state index contributed by atoms with van der Waals surface area (Å²) in [5.74, 6) is 0. The lowest BCUT2D eigenvalue weighted by atomic mass is 9.66. The topological polar surface area (TPSA) is 46.2 Å². The summed E-state index contributed by atoms with van der Waals surface area (Å²) in [7, 11) is 0. The number of rotatable bonds is 0. The van der Waals surface area contributed by atoms with Gasteiger partial charge >= 0.3 is 0 Å². The molecule has 0 aromatic rings. The second-order valence-electron chi connectivity index (χ2n) is 5.14. The second kappa shape index (κ2) is 3.00. The molecule has 0 atom stereocenters. The van der Waals surface area contributed by atoms with Gasteiger partial charge in [0.15, 0.2) is 0 Å². The van der Waals surface area contributed by atoms with Crippen LogP contribution >= 0.6 is 0 Å². The molecule has 1 aliphatic carbocycles. The fourth-order valence-electron chi connectivity index (χ4n) is 1.87. The highest BCUT2D eigenvalue weighted by Crippen LogP contribution is 2.39. The van der Waals surface area contributed by atoms with Crippen molar-refractivity contribution in [2.24, 2.45) is 11.1 Å². The molecule has 2 nitrogen and oxygen atoms in total. The van der Waals surface area contributed by atoms with Crippen LogP contribution in [-0.4, -0.2) is 16.7 Å². The van der Waals surface area contributed by atoms with Crippen LogP contribution in [0.2, 0.25) is 0 Å². The van der Waals surface area contributed by atoms with E-state index in [-0.39, 0.29) is 17.1 Å². The molecule has 72 valence electrons. The maximum atomic E-state index is 9.35. The van der Waals surface area contributed by atoms with Crippen LogP contribution in [0.3, 0.4) is 0 Å². The number of aliphatic hydroxyl groups excluding tert-OH is 1. The first-order chi connectivity index (χ1) is 5.35. The normalized spacial score (nSPS) is 38.2. The van der Waals surface area contributed by atoms with Crippen molar-refractivity contribution in [3.63, 3.8) is 0 Å². The molecular formula is C10H21NO. The van der Waals surface area contributed by atoms with Gasteiger partial charge in [-0.2, -0.15) is 0 Å². The Labute approximate surface area is 75.2 Å². The van der Waals surface area contributed by atoms with Gasteiger partial charge in [0.25, 0.3) is 0 Å². The van der Waals surface area contributed by atoms with E-state index in [4.69, 9.17) is 5.73 Å². The fourth-order valence-corrected chi connectivity index (χ4v) is 1.87. The maximum Gasteiger partial charge on any atom is 0.0541 e. The molecule has 3 N–H and O–H groups in total. The zero-order chi connectivity index (χ0) is 9.41. The van der Waals surface area contributed by atoms with Crippen molar-refractivity contribution in [3.05, 3.63) is 0 Å². The molecule has 1 saturated carbocycles. The van der Waals surface area contributed by atoms with Gasteiger partial charge in [0.05, 0.1) is 6.10 Å². The quantitative estimate of drug-likeness (QED) is 0.582. The molecule has 0 amide bonds. The summed E-state index contributed by atoms with van der Waals surface area (Å²) >= 11 is 0. The van der Waals surface area contributed by atoms with Crippen LogP contribution in [0.1, 0.15) is 46.5 Å². The zero-order valence-corrected chi connectivity index (χ0v) is 8.43. The first kappa shape index (κ1) is 10.0. The van der Waals surface area contributed by atoms with Crippen molar-refractivity contribution < 1.29 is 5.11 Å². The molecule has 0 spiro atoms. The van der Waals surface area contributed by atoms with Gasteiger partial charge in [-0.05, 0) is 31.1 Å². The average Bonchev–Trinajstić information content (AvgIpc) is 1.93. The van der Waals surface area contributed by atoms with Gasteiger partial charge in [-0.3, -0.25) is 0 Å². The van der Waals surface area contributed by atoms with Crippen molar-refractivity contribution in [2.45, 2.75) is 58.1 Å². The molecule has 0 bridgehead atoms. The van der Waals surface area contributed by atoms with Gasteiger partial charge in [-0.25, -0.2) is 0 Å². The SMILES string of the molecule is CC(C)(C)C1(N)CCC(O)CC1. The van der Waals surface area contributed by atoms with Crippen LogP contribution in [-0.2, 0) is 0 Å². The number of hydrogen-bond acceptors (Lipinski definition) is 2. The van der Waals surface area contributed by atoms with Crippen LogP contribution in [0.4, 0.5) is 0 Å². The van der Waals surface area contributed by atoms with Crippen molar-refractivity contribution in [1.29, 1.82) is 0 Å². The monoisotopic (exact) mass is 171 g/mol. The van der Waals surface area contributed by atoms with Crippen LogP contribution < -0.4 is 5.73 Å². The molecule has 0 aromatic carbocycles. The Balaban J connectivity index is 2.62. The summed E-state index contributed by atoms with van der Waals surface area (Å²) < 4.78 is 0. The molecular weight excluding hydrogens is 150 g/mol. The Hall–Kier alpha value is -0.0800. The number of nitrogens with two attached hydrogens (primary N) is 1. The van der Waals surface area contributed by atoms with Gasteiger partial charge in [0.1, 0.15) is 0 Å². The summed E-state index contributed by atoms with van der Waals surface area (Å²) in [6, 6.07) is 0. The van der Waals surface area contributed by atoms with Crippen molar-refractivity contribution >= 4 is 0 Å². The van der Waals surface area contributed by atoms with E-state index in [0.717, 1.165) is 25.7 Å². The van der Waals surface area contributed by atoms with Crippen molar-refractivity contribution in [3.8, 4) is 0 Å². The Morgan fingerprint density at radius 2 is 1.67 bits per heavy atom. The van der Waals surface area contributed by atoms with E-state index in [1.807, 2.05) is 0 Å². The van der Waals surface area contributed by atoms with E-state index in [0.29, 0.717) is 0 Å². The van der Waals surface area contributed by atoms with E-state index < -0.39 is 0 Å². The van der Waals surface area contributed by atoms with E-state index >= 15 is 0 Å². The second-order valence-corrected chi connectivity index (χ2v) is 5.14. The molecule has 12 heavy (non-hydrogen) atoms. The average molecular weight is 171 g/mol. The van der Waals surface area contributed by atoms with E-state index in [2.05, 4.69) is 20.8 Å². The third-order valence-corrected chi connectivity index (χ3v) is 3.34. The van der Waals surface area contributed by atoms with Crippen molar-refractivity contribution in [2.75, 3.05) is 0 Å². The summed E-state index contributed by atoms with van der Waals surface area (Å²) in [5, 5.41) is 9.35. The molecule has 1 fully saturated rings. The summed E-state index contributed by atoms with van der Waals surface area (Å²) in [6.07, 6.45) is 3.54. The largest absolute Gasteiger partial charge is 0.393 e. The van der Waals surface area contributed by atoms with E-state index in [1.54, 1.807) is 0 Å². The Morgan fingerprint density at radius 3 is 2.00 bits per heavy atom. The number of hydrogen-bond donors (Lipinski definition) is 2. The summed E-state index contributed by atoms with van der Waals surface area (Å²) in [4.78, 5) is 0. The minimum Gasteiger partial charge on any atom is -0.393 e. The highest BCUT2D eigenvalue weighted by atomic mass is 16.3. The summed E-state index contributed by atoms with van der Waals surface area (Å²) in [6.45, 7) is 6.56. The lowest BCUT2D eigenvalue weighted by molar-refractivity contribution is 0.0516. The Kier molecular flexibility index (Phi) is 2.50. The first-order valence-electron chi connectivity index (χ1n) is 4.82. The molecule has 0 heterocycles. The molecule has 0 aromatic heterocycles. The standard InChI is InChI=1S/C10H21NO/c1-9(2,3)10(11)6-4-8(12)5-7-10/h8,12H,4-7,11H2,1-3H3.